The normalized spacial score (nSPS) is 14.1. The molecule has 6 nitrogen and oxygen atoms in total. The van der Waals surface area contributed by atoms with Gasteiger partial charge in [-0.1, -0.05) is 35.8 Å². The third-order valence-electron chi connectivity index (χ3n) is 4.57. The number of carbonyl (C=O) groups excluding carboxylic acids is 2. The summed E-state index contributed by atoms with van der Waals surface area (Å²) in [6.07, 6.45) is 1.54. The maximum atomic E-state index is 12.5. The van der Waals surface area contributed by atoms with Crippen LogP contribution in [0.5, 0.6) is 17.2 Å². The lowest BCUT2D eigenvalue weighted by molar-refractivity contribution is -0.124. The molecule has 0 spiro atoms. The first-order valence-electron chi connectivity index (χ1n) is 9.54. The standard InChI is InChI=1S/C22H24BrNO5/c1-14(2)22(15-4-6-19-20(11-15)28-9-3-8-27-19)24-21(26)13-29-18-7-5-17(23)10-16(18)12-25/h4-7,10-12,14,22H,3,8-9,13H2,1-2H3,(H,24,26). The molecule has 1 N–H and O–H groups in total. The van der Waals surface area contributed by atoms with Gasteiger partial charge in [0.05, 0.1) is 24.8 Å². The van der Waals surface area contributed by atoms with E-state index in [1.165, 1.54) is 0 Å². The molecule has 0 radical (unpaired) electrons. The number of aldehydes is 1. The number of hydrogen-bond acceptors (Lipinski definition) is 5. The van der Waals surface area contributed by atoms with E-state index >= 15 is 0 Å². The smallest absolute Gasteiger partial charge is 0.258 e. The van der Waals surface area contributed by atoms with Gasteiger partial charge in [0.15, 0.2) is 24.4 Å². The topological polar surface area (TPSA) is 73.9 Å². The zero-order chi connectivity index (χ0) is 20.8. The molecular weight excluding hydrogens is 438 g/mol. The predicted octanol–water partition coefficient (Wildman–Crippen LogP) is 4.32. The Bertz CT molecular complexity index is 884. The lowest BCUT2D eigenvalue weighted by Gasteiger charge is -2.24. The van der Waals surface area contributed by atoms with Crippen molar-refractivity contribution in [2.75, 3.05) is 19.8 Å². The third kappa shape index (κ3) is 5.50. The second-order valence-corrected chi connectivity index (χ2v) is 8.05. The van der Waals surface area contributed by atoms with Crippen LogP contribution in [0.4, 0.5) is 0 Å². The molecule has 1 aliphatic rings. The van der Waals surface area contributed by atoms with Gasteiger partial charge < -0.3 is 19.5 Å². The van der Waals surface area contributed by atoms with Crippen LogP contribution in [0.3, 0.4) is 0 Å². The average molecular weight is 462 g/mol. The van der Waals surface area contributed by atoms with Crippen LogP contribution in [0.25, 0.3) is 0 Å². The molecule has 2 aromatic carbocycles. The molecule has 154 valence electrons. The molecule has 0 bridgehead atoms. The van der Waals surface area contributed by atoms with Crippen molar-refractivity contribution in [1.82, 2.24) is 5.32 Å². The van der Waals surface area contributed by atoms with E-state index in [-0.39, 0.29) is 24.5 Å². The van der Waals surface area contributed by atoms with Crippen LogP contribution in [0, 0.1) is 5.92 Å². The molecule has 1 heterocycles. The van der Waals surface area contributed by atoms with E-state index in [4.69, 9.17) is 14.2 Å². The predicted molar refractivity (Wildman–Crippen MR) is 113 cm³/mol. The van der Waals surface area contributed by atoms with Crippen molar-refractivity contribution < 1.29 is 23.8 Å². The Balaban J connectivity index is 1.68. The maximum Gasteiger partial charge on any atom is 0.258 e. The van der Waals surface area contributed by atoms with Gasteiger partial charge in [-0.15, -0.1) is 0 Å². The van der Waals surface area contributed by atoms with E-state index in [0.29, 0.717) is 36.6 Å². The van der Waals surface area contributed by atoms with Crippen LogP contribution in [0.15, 0.2) is 40.9 Å². The number of amides is 1. The molecular formula is C22H24BrNO5. The number of fused-ring (bicyclic) bond motifs is 1. The second kappa shape index (κ2) is 9.78. The van der Waals surface area contributed by atoms with E-state index in [2.05, 4.69) is 21.2 Å². The molecule has 0 aliphatic carbocycles. The summed E-state index contributed by atoms with van der Waals surface area (Å²) in [6, 6.07) is 10.6. The highest BCUT2D eigenvalue weighted by molar-refractivity contribution is 9.10. The van der Waals surface area contributed by atoms with Gasteiger partial charge in [0, 0.05) is 10.9 Å². The van der Waals surface area contributed by atoms with Crippen molar-refractivity contribution in [2.24, 2.45) is 5.92 Å². The molecule has 0 saturated carbocycles. The summed E-state index contributed by atoms with van der Waals surface area (Å²) < 4.78 is 17.8. The van der Waals surface area contributed by atoms with Crippen LogP contribution in [-0.2, 0) is 4.79 Å². The molecule has 3 rings (SSSR count). The number of ether oxygens (including phenoxy) is 3. The molecule has 1 aliphatic heterocycles. The van der Waals surface area contributed by atoms with Crippen molar-refractivity contribution in [3.8, 4) is 17.2 Å². The first-order valence-corrected chi connectivity index (χ1v) is 10.3. The number of carbonyl (C=O) groups is 2. The van der Waals surface area contributed by atoms with Gasteiger partial charge >= 0.3 is 0 Å². The molecule has 7 heteroatoms. The summed E-state index contributed by atoms with van der Waals surface area (Å²) in [7, 11) is 0. The first-order chi connectivity index (χ1) is 14.0. The Morgan fingerprint density at radius 3 is 2.66 bits per heavy atom. The Morgan fingerprint density at radius 2 is 1.93 bits per heavy atom. The summed E-state index contributed by atoms with van der Waals surface area (Å²) in [5.41, 5.74) is 1.32. The van der Waals surface area contributed by atoms with Crippen molar-refractivity contribution in [3.63, 3.8) is 0 Å². The van der Waals surface area contributed by atoms with Crippen LogP contribution in [-0.4, -0.2) is 32.0 Å². The fraction of sp³-hybridized carbons (Fsp3) is 0.364. The van der Waals surface area contributed by atoms with Crippen molar-refractivity contribution >= 4 is 28.1 Å². The average Bonchev–Trinajstić information content (AvgIpc) is 2.95. The number of hydrogen-bond donors (Lipinski definition) is 1. The maximum absolute atomic E-state index is 12.5. The van der Waals surface area contributed by atoms with E-state index in [0.717, 1.165) is 22.2 Å². The lowest BCUT2D eigenvalue weighted by Crippen LogP contribution is -2.35. The van der Waals surface area contributed by atoms with Gasteiger partial charge in [-0.25, -0.2) is 0 Å². The van der Waals surface area contributed by atoms with Gasteiger partial charge in [0.2, 0.25) is 0 Å². The number of halogens is 1. The van der Waals surface area contributed by atoms with Gasteiger partial charge in [0.25, 0.3) is 5.91 Å². The first kappa shape index (κ1) is 21.2. The minimum Gasteiger partial charge on any atom is -0.490 e. The number of benzene rings is 2. The van der Waals surface area contributed by atoms with Gasteiger partial charge in [0.1, 0.15) is 5.75 Å². The summed E-state index contributed by atoms with van der Waals surface area (Å²) >= 11 is 3.31. The molecule has 1 atom stereocenters. The summed E-state index contributed by atoms with van der Waals surface area (Å²) in [6.45, 7) is 5.13. The zero-order valence-electron chi connectivity index (χ0n) is 16.4. The SMILES string of the molecule is CC(C)C(NC(=O)COc1ccc(Br)cc1C=O)c1ccc2c(c1)OCCCO2. The Kier molecular flexibility index (Phi) is 7.14. The van der Waals surface area contributed by atoms with Crippen LogP contribution in [0.1, 0.15) is 42.2 Å². The fourth-order valence-electron chi connectivity index (χ4n) is 3.11. The molecule has 0 saturated heterocycles. The number of nitrogens with one attached hydrogen (secondary N) is 1. The molecule has 0 fully saturated rings. The highest BCUT2D eigenvalue weighted by atomic mass is 79.9. The van der Waals surface area contributed by atoms with E-state index < -0.39 is 0 Å². The minimum absolute atomic E-state index is 0.155. The highest BCUT2D eigenvalue weighted by Gasteiger charge is 2.21. The largest absolute Gasteiger partial charge is 0.490 e. The third-order valence-corrected chi connectivity index (χ3v) is 5.06. The highest BCUT2D eigenvalue weighted by Crippen LogP contribution is 2.34. The molecule has 0 aromatic heterocycles. The van der Waals surface area contributed by atoms with Crippen molar-refractivity contribution in [3.05, 3.63) is 52.0 Å². The Hall–Kier alpha value is -2.54. The monoisotopic (exact) mass is 461 g/mol. The van der Waals surface area contributed by atoms with E-state index in [1.807, 2.05) is 32.0 Å². The van der Waals surface area contributed by atoms with Crippen molar-refractivity contribution in [2.45, 2.75) is 26.3 Å². The Morgan fingerprint density at radius 1 is 1.17 bits per heavy atom. The fourth-order valence-corrected chi connectivity index (χ4v) is 3.49. The van der Waals surface area contributed by atoms with E-state index in [9.17, 15) is 9.59 Å². The van der Waals surface area contributed by atoms with E-state index in [1.54, 1.807) is 18.2 Å². The van der Waals surface area contributed by atoms with Gasteiger partial charge in [-0.05, 0) is 41.8 Å². The molecule has 29 heavy (non-hydrogen) atoms. The second-order valence-electron chi connectivity index (χ2n) is 7.13. The lowest BCUT2D eigenvalue weighted by atomic mass is 9.95. The van der Waals surface area contributed by atoms with Crippen molar-refractivity contribution in [1.29, 1.82) is 0 Å². The molecule has 2 aromatic rings. The summed E-state index contributed by atoms with van der Waals surface area (Å²) in [5.74, 6) is 1.68. The number of rotatable bonds is 7. The van der Waals surface area contributed by atoms with Crippen LogP contribution >= 0.6 is 15.9 Å². The molecule has 1 amide bonds. The van der Waals surface area contributed by atoms with Crippen LogP contribution in [0.2, 0.25) is 0 Å². The minimum atomic E-state index is -0.268. The van der Waals surface area contributed by atoms with Gasteiger partial charge in [-0.3, -0.25) is 9.59 Å². The zero-order valence-corrected chi connectivity index (χ0v) is 18.0. The Labute approximate surface area is 178 Å². The van der Waals surface area contributed by atoms with Gasteiger partial charge in [-0.2, -0.15) is 0 Å². The summed E-state index contributed by atoms with van der Waals surface area (Å²) in [4.78, 5) is 23.7. The quantitative estimate of drug-likeness (QED) is 0.621. The molecule has 1 unspecified atom stereocenters. The summed E-state index contributed by atoms with van der Waals surface area (Å²) in [5, 5.41) is 3.02. The van der Waals surface area contributed by atoms with Crippen LogP contribution < -0.4 is 19.5 Å².